The highest BCUT2D eigenvalue weighted by Gasteiger charge is 2.15. The summed E-state index contributed by atoms with van der Waals surface area (Å²) >= 11 is 1.20. The van der Waals surface area contributed by atoms with Crippen LogP contribution in [0.4, 0.5) is 4.39 Å². The first-order chi connectivity index (χ1) is 11.9. The highest BCUT2D eigenvalue weighted by Crippen LogP contribution is 2.30. The van der Waals surface area contributed by atoms with Gasteiger partial charge in [-0.15, -0.1) is 11.3 Å². The van der Waals surface area contributed by atoms with Crippen molar-refractivity contribution in [2.24, 2.45) is 0 Å². The first-order valence-electron chi connectivity index (χ1n) is 7.05. The normalized spacial score (nSPS) is 10.8. The molecule has 3 aromatic rings. The number of ether oxygens (including phenoxy) is 1. The zero-order chi connectivity index (χ0) is 18.0. The van der Waals surface area contributed by atoms with Gasteiger partial charge in [0.2, 0.25) is 0 Å². The monoisotopic (exact) mass is 361 g/mol. The van der Waals surface area contributed by atoms with Crippen molar-refractivity contribution in [2.45, 2.75) is 12.8 Å². The van der Waals surface area contributed by atoms with Gasteiger partial charge < -0.3 is 9.84 Å². The van der Waals surface area contributed by atoms with Crippen LogP contribution in [0.15, 0.2) is 24.5 Å². The third kappa shape index (κ3) is 3.86. The molecule has 8 nitrogen and oxygen atoms in total. The van der Waals surface area contributed by atoms with E-state index in [4.69, 9.17) is 20.7 Å². The number of H-pyrrole nitrogens is 1. The van der Waals surface area contributed by atoms with Crippen molar-refractivity contribution >= 4 is 39.3 Å². The second-order valence-corrected chi connectivity index (χ2v) is 6.21. The van der Waals surface area contributed by atoms with Crippen LogP contribution in [0.2, 0.25) is 0 Å². The molecule has 0 bridgehead atoms. The Hall–Kier alpha value is -3.14. The Morgan fingerprint density at radius 1 is 1.32 bits per heavy atom. The summed E-state index contributed by atoms with van der Waals surface area (Å²) in [7, 11) is 0. The number of rotatable bonds is 5. The number of halogens is 1. The molecule has 3 rings (SSSR count). The standard InChI is InChI=1S/C15H12FN5O3S/c16-9-1-7(8-5-19-20-6-8)2-10-15(9)21-13(25-10)3-11(17)24-12(18)4-14(22)23/h1-2,5-6,17-18H,3-4H2,(H,19,20)(H,22,23). The van der Waals surface area contributed by atoms with Gasteiger partial charge in [0.15, 0.2) is 17.6 Å². The molecular formula is C15H12FN5O3S. The van der Waals surface area contributed by atoms with E-state index in [0.717, 1.165) is 5.56 Å². The van der Waals surface area contributed by atoms with Crippen molar-refractivity contribution in [3.63, 3.8) is 0 Å². The number of nitrogens with one attached hydrogen (secondary N) is 3. The number of aliphatic carboxylic acids is 1. The van der Waals surface area contributed by atoms with Crippen LogP contribution in [-0.2, 0) is 16.0 Å². The van der Waals surface area contributed by atoms with Crippen molar-refractivity contribution in [1.29, 1.82) is 10.8 Å². The van der Waals surface area contributed by atoms with Crippen LogP contribution < -0.4 is 0 Å². The average Bonchev–Trinajstić information content (AvgIpc) is 3.14. The van der Waals surface area contributed by atoms with Gasteiger partial charge in [-0.25, -0.2) is 9.37 Å². The molecule has 0 aliphatic rings. The Morgan fingerprint density at radius 3 is 2.80 bits per heavy atom. The van der Waals surface area contributed by atoms with E-state index in [0.29, 0.717) is 15.3 Å². The molecule has 4 N–H and O–H groups in total. The number of hydrogen-bond donors (Lipinski definition) is 4. The molecule has 0 radical (unpaired) electrons. The minimum Gasteiger partial charge on any atom is -0.481 e. The maximum Gasteiger partial charge on any atom is 0.312 e. The van der Waals surface area contributed by atoms with E-state index in [9.17, 15) is 9.18 Å². The van der Waals surface area contributed by atoms with Gasteiger partial charge in [-0.3, -0.25) is 20.7 Å². The van der Waals surface area contributed by atoms with E-state index in [1.54, 1.807) is 18.5 Å². The molecular weight excluding hydrogens is 349 g/mol. The molecule has 25 heavy (non-hydrogen) atoms. The van der Waals surface area contributed by atoms with Gasteiger partial charge >= 0.3 is 5.97 Å². The number of carbonyl (C=O) groups is 1. The smallest absolute Gasteiger partial charge is 0.312 e. The van der Waals surface area contributed by atoms with Gasteiger partial charge in [-0.05, 0) is 17.7 Å². The Bertz CT molecular complexity index is 967. The highest BCUT2D eigenvalue weighted by atomic mass is 32.1. The van der Waals surface area contributed by atoms with Crippen molar-refractivity contribution < 1.29 is 19.0 Å². The number of benzene rings is 1. The SMILES string of the molecule is N=C(CC(=O)O)OC(=N)Cc1nc2c(F)cc(-c3cn[nH]c3)cc2s1. The number of aromatic amines is 1. The van der Waals surface area contributed by atoms with Crippen LogP contribution in [-0.4, -0.2) is 38.1 Å². The van der Waals surface area contributed by atoms with Crippen LogP contribution in [0.5, 0.6) is 0 Å². The second kappa shape index (κ2) is 6.77. The predicted octanol–water partition coefficient (Wildman–Crippen LogP) is 2.81. The lowest BCUT2D eigenvalue weighted by atomic mass is 10.1. The Morgan fingerprint density at radius 2 is 2.12 bits per heavy atom. The lowest BCUT2D eigenvalue weighted by molar-refractivity contribution is -0.135. The molecule has 128 valence electrons. The lowest BCUT2D eigenvalue weighted by Crippen LogP contribution is -2.16. The summed E-state index contributed by atoms with van der Waals surface area (Å²) in [5.41, 5.74) is 1.60. The Labute approximate surface area is 144 Å². The molecule has 1 aromatic carbocycles. The van der Waals surface area contributed by atoms with Crippen molar-refractivity contribution in [3.8, 4) is 11.1 Å². The summed E-state index contributed by atoms with van der Waals surface area (Å²) in [6.45, 7) is 0. The maximum atomic E-state index is 14.3. The zero-order valence-electron chi connectivity index (χ0n) is 12.7. The predicted molar refractivity (Wildman–Crippen MR) is 89.7 cm³/mol. The highest BCUT2D eigenvalue weighted by molar-refractivity contribution is 7.18. The van der Waals surface area contributed by atoms with Gasteiger partial charge in [0.1, 0.15) is 16.9 Å². The molecule has 0 aliphatic heterocycles. The topological polar surface area (TPSA) is 136 Å². The van der Waals surface area contributed by atoms with Gasteiger partial charge in [0.25, 0.3) is 0 Å². The number of nitrogens with zero attached hydrogens (tertiary/aromatic N) is 2. The number of hydrogen-bond acceptors (Lipinski definition) is 7. The quantitative estimate of drug-likeness (QED) is 0.409. The molecule has 2 heterocycles. The summed E-state index contributed by atoms with van der Waals surface area (Å²) in [6.07, 6.45) is 2.58. The first-order valence-corrected chi connectivity index (χ1v) is 7.86. The van der Waals surface area contributed by atoms with E-state index in [1.165, 1.54) is 17.4 Å². The molecule has 0 aliphatic carbocycles. The van der Waals surface area contributed by atoms with Crippen molar-refractivity contribution in [1.82, 2.24) is 15.2 Å². The van der Waals surface area contributed by atoms with Crippen molar-refractivity contribution in [3.05, 3.63) is 35.4 Å². The molecule has 2 aromatic heterocycles. The molecule has 0 spiro atoms. The minimum atomic E-state index is -1.22. The van der Waals surface area contributed by atoms with E-state index in [2.05, 4.69) is 15.2 Å². The number of aromatic nitrogens is 3. The zero-order valence-corrected chi connectivity index (χ0v) is 13.5. The molecule has 0 amide bonds. The van der Waals surface area contributed by atoms with Gasteiger partial charge in [0, 0.05) is 11.8 Å². The average molecular weight is 361 g/mol. The lowest BCUT2D eigenvalue weighted by Gasteiger charge is -2.04. The number of thiazole rings is 1. The maximum absolute atomic E-state index is 14.3. The van der Waals surface area contributed by atoms with Crippen LogP contribution in [0.25, 0.3) is 21.3 Å². The van der Waals surface area contributed by atoms with Gasteiger partial charge in [0.05, 0.1) is 17.3 Å². The fourth-order valence-corrected chi connectivity index (χ4v) is 3.20. The number of carboxylic acid groups (broad SMARTS) is 1. The Balaban J connectivity index is 1.79. The fraction of sp³-hybridized carbons (Fsp3) is 0.133. The summed E-state index contributed by atoms with van der Waals surface area (Å²) in [5, 5.41) is 30.5. The first kappa shape index (κ1) is 16.7. The molecule has 10 heteroatoms. The molecule has 0 saturated heterocycles. The number of fused-ring (bicyclic) bond motifs is 1. The summed E-state index contributed by atoms with van der Waals surface area (Å²) in [4.78, 5) is 14.6. The largest absolute Gasteiger partial charge is 0.481 e. The molecule has 0 atom stereocenters. The Kier molecular flexibility index (Phi) is 4.52. The minimum absolute atomic E-state index is 0.0537. The molecule has 0 saturated carbocycles. The van der Waals surface area contributed by atoms with Crippen LogP contribution >= 0.6 is 11.3 Å². The van der Waals surface area contributed by atoms with Crippen LogP contribution in [0.1, 0.15) is 11.4 Å². The third-order valence-electron chi connectivity index (χ3n) is 3.19. The van der Waals surface area contributed by atoms with E-state index < -0.39 is 24.1 Å². The van der Waals surface area contributed by atoms with Gasteiger partial charge in [-0.1, -0.05) is 0 Å². The fourth-order valence-electron chi connectivity index (χ4n) is 2.18. The molecule has 0 fully saturated rings. The van der Waals surface area contributed by atoms with Crippen molar-refractivity contribution in [2.75, 3.05) is 0 Å². The molecule has 0 unspecified atom stereocenters. The summed E-state index contributed by atoms with van der Waals surface area (Å²) < 4.78 is 19.7. The van der Waals surface area contributed by atoms with E-state index >= 15 is 0 Å². The van der Waals surface area contributed by atoms with Crippen LogP contribution in [0, 0.1) is 16.6 Å². The van der Waals surface area contributed by atoms with Crippen LogP contribution in [0.3, 0.4) is 0 Å². The summed E-state index contributed by atoms with van der Waals surface area (Å²) in [5.74, 6) is -2.55. The second-order valence-electron chi connectivity index (χ2n) is 5.10. The van der Waals surface area contributed by atoms with E-state index in [1.807, 2.05) is 0 Å². The number of carboxylic acids is 1. The van der Waals surface area contributed by atoms with E-state index in [-0.39, 0.29) is 17.8 Å². The van der Waals surface area contributed by atoms with Gasteiger partial charge in [-0.2, -0.15) is 5.10 Å². The third-order valence-corrected chi connectivity index (χ3v) is 4.20. The summed E-state index contributed by atoms with van der Waals surface area (Å²) in [6, 6.07) is 3.14.